The summed E-state index contributed by atoms with van der Waals surface area (Å²) in [6.07, 6.45) is 3.75. The highest BCUT2D eigenvalue weighted by Crippen LogP contribution is 2.28. The molecule has 1 aromatic rings. The van der Waals surface area contributed by atoms with Gasteiger partial charge in [0.1, 0.15) is 5.75 Å². The SMILES string of the molecule is CCN1CCCC1CNC(C)c1ccc2c(c1)CCO2. The van der Waals surface area contributed by atoms with Gasteiger partial charge in [-0.15, -0.1) is 0 Å². The molecule has 2 aliphatic rings. The smallest absolute Gasteiger partial charge is 0.122 e. The van der Waals surface area contributed by atoms with Gasteiger partial charge in [0.25, 0.3) is 0 Å². The molecule has 3 nitrogen and oxygen atoms in total. The summed E-state index contributed by atoms with van der Waals surface area (Å²) in [5.74, 6) is 1.08. The van der Waals surface area contributed by atoms with E-state index in [1.54, 1.807) is 0 Å². The standard InChI is InChI=1S/C17H26N2O/c1-3-19-9-4-5-16(19)12-18-13(2)14-6-7-17-15(11-14)8-10-20-17/h6-7,11,13,16,18H,3-5,8-10,12H2,1-2H3. The highest BCUT2D eigenvalue weighted by Gasteiger charge is 2.23. The summed E-state index contributed by atoms with van der Waals surface area (Å²) >= 11 is 0. The number of likely N-dealkylation sites (tertiary alicyclic amines) is 1. The van der Waals surface area contributed by atoms with Crippen LogP contribution in [0.2, 0.25) is 0 Å². The topological polar surface area (TPSA) is 24.5 Å². The van der Waals surface area contributed by atoms with Crippen LogP contribution in [0.15, 0.2) is 18.2 Å². The van der Waals surface area contributed by atoms with E-state index in [2.05, 4.69) is 42.3 Å². The minimum Gasteiger partial charge on any atom is -0.493 e. The van der Waals surface area contributed by atoms with E-state index in [0.717, 1.165) is 31.4 Å². The fraction of sp³-hybridized carbons (Fsp3) is 0.647. The molecule has 0 amide bonds. The van der Waals surface area contributed by atoms with E-state index in [1.165, 1.54) is 37.1 Å². The maximum Gasteiger partial charge on any atom is 0.122 e. The summed E-state index contributed by atoms with van der Waals surface area (Å²) in [7, 11) is 0. The lowest BCUT2D eigenvalue weighted by molar-refractivity contribution is 0.255. The molecule has 1 aromatic carbocycles. The zero-order valence-electron chi connectivity index (χ0n) is 12.7. The number of nitrogens with one attached hydrogen (secondary N) is 1. The molecule has 0 aromatic heterocycles. The van der Waals surface area contributed by atoms with Gasteiger partial charge in [0.15, 0.2) is 0 Å². The van der Waals surface area contributed by atoms with E-state index in [4.69, 9.17) is 4.74 Å². The van der Waals surface area contributed by atoms with Crippen LogP contribution in [0.25, 0.3) is 0 Å². The van der Waals surface area contributed by atoms with Gasteiger partial charge < -0.3 is 10.1 Å². The van der Waals surface area contributed by atoms with Gasteiger partial charge in [0, 0.05) is 25.0 Å². The first kappa shape index (κ1) is 13.9. The van der Waals surface area contributed by atoms with Gasteiger partial charge in [0.2, 0.25) is 0 Å². The number of likely N-dealkylation sites (N-methyl/N-ethyl adjacent to an activating group) is 1. The zero-order chi connectivity index (χ0) is 13.9. The van der Waals surface area contributed by atoms with Crippen molar-refractivity contribution in [1.82, 2.24) is 10.2 Å². The van der Waals surface area contributed by atoms with Crippen molar-refractivity contribution in [2.45, 2.75) is 45.2 Å². The number of hydrogen-bond donors (Lipinski definition) is 1. The number of benzene rings is 1. The van der Waals surface area contributed by atoms with Crippen LogP contribution in [0.5, 0.6) is 5.75 Å². The number of rotatable bonds is 5. The summed E-state index contributed by atoms with van der Waals surface area (Å²) in [5, 5.41) is 3.71. The van der Waals surface area contributed by atoms with Gasteiger partial charge >= 0.3 is 0 Å². The Labute approximate surface area is 122 Å². The Morgan fingerprint density at radius 1 is 1.45 bits per heavy atom. The molecule has 20 heavy (non-hydrogen) atoms. The van der Waals surface area contributed by atoms with Crippen molar-refractivity contribution in [1.29, 1.82) is 0 Å². The van der Waals surface area contributed by atoms with Gasteiger partial charge in [-0.1, -0.05) is 19.1 Å². The molecule has 0 saturated carbocycles. The molecule has 3 rings (SSSR count). The molecule has 0 radical (unpaired) electrons. The van der Waals surface area contributed by atoms with Crippen LogP contribution in [-0.2, 0) is 6.42 Å². The Morgan fingerprint density at radius 3 is 3.20 bits per heavy atom. The van der Waals surface area contributed by atoms with Crippen molar-refractivity contribution in [2.24, 2.45) is 0 Å². The molecule has 1 fully saturated rings. The molecule has 2 unspecified atom stereocenters. The monoisotopic (exact) mass is 274 g/mol. The molecule has 1 N–H and O–H groups in total. The predicted octanol–water partition coefficient (Wildman–Crippen LogP) is 2.76. The lowest BCUT2D eigenvalue weighted by Crippen LogP contribution is -2.38. The minimum absolute atomic E-state index is 0.417. The maximum absolute atomic E-state index is 5.58. The van der Waals surface area contributed by atoms with Crippen molar-refractivity contribution >= 4 is 0 Å². The lowest BCUT2D eigenvalue weighted by atomic mass is 10.0. The fourth-order valence-corrected chi connectivity index (χ4v) is 3.45. The average molecular weight is 274 g/mol. The second kappa shape index (κ2) is 6.15. The first-order valence-corrected chi connectivity index (χ1v) is 8.01. The summed E-state index contributed by atoms with van der Waals surface area (Å²) in [6.45, 7) is 8.92. The van der Waals surface area contributed by atoms with Crippen LogP contribution in [0.3, 0.4) is 0 Å². The van der Waals surface area contributed by atoms with E-state index in [9.17, 15) is 0 Å². The summed E-state index contributed by atoms with van der Waals surface area (Å²) in [6, 6.07) is 7.78. The molecule has 2 heterocycles. The molecular formula is C17H26N2O. The van der Waals surface area contributed by atoms with Crippen molar-refractivity contribution in [3.63, 3.8) is 0 Å². The van der Waals surface area contributed by atoms with Crippen LogP contribution >= 0.6 is 0 Å². The van der Waals surface area contributed by atoms with Gasteiger partial charge in [-0.2, -0.15) is 0 Å². The van der Waals surface area contributed by atoms with E-state index in [1.807, 2.05) is 0 Å². The zero-order valence-corrected chi connectivity index (χ0v) is 12.7. The second-order valence-electron chi connectivity index (χ2n) is 6.02. The van der Waals surface area contributed by atoms with Crippen LogP contribution in [0, 0.1) is 0 Å². The van der Waals surface area contributed by atoms with E-state index in [0.29, 0.717) is 6.04 Å². The minimum atomic E-state index is 0.417. The number of fused-ring (bicyclic) bond motifs is 1. The van der Waals surface area contributed by atoms with Gasteiger partial charge in [-0.05, 0) is 50.0 Å². The van der Waals surface area contributed by atoms with Gasteiger partial charge in [0.05, 0.1) is 6.61 Å². The van der Waals surface area contributed by atoms with Gasteiger partial charge in [-0.3, -0.25) is 4.90 Å². The van der Waals surface area contributed by atoms with E-state index < -0.39 is 0 Å². The molecule has 110 valence electrons. The molecule has 1 saturated heterocycles. The number of ether oxygens (including phenoxy) is 1. The number of nitrogens with zero attached hydrogens (tertiary/aromatic N) is 1. The third-order valence-corrected chi connectivity index (χ3v) is 4.78. The second-order valence-corrected chi connectivity index (χ2v) is 6.02. The van der Waals surface area contributed by atoms with Crippen molar-refractivity contribution < 1.29 is 4.74 Å². The molecule has 0 aliphatic carbocycles. The summed E-state index contributed by atoms with van der Waals surface area (Å²) < 4.78 is 5.58. The fourth-order valence-electron chi connectivity index (χ4n) is 3.45. The lowest BCUT2D eigenvalue weighted by Gasteiger charge is -2.25. The van der Waals surface area contributed by atoms with Crippen molar-refractivity contribution in [3.8, 4) is 5.75 Å². The summed E-state index contributed by atoms with van der Waals surface area (Å²) in [4.78, 5) is 2.59. The molecule has 3 heteroatoms. The highest BCUT2D eigenvalue weighted by molar-refractivity contribution is 5.40. The molecular weight excluding hydrogens is 248 g/mol. The van der Waals surface area contributed by atoms with Crippen LogP contribution in [-0.4, -0.2) is 37.2 Å². The van der Waals surface area contributed by atoms with Crippen LogP contribution < -0.4 is 10.1 Å². The first-order chi connectivity index (χ1) is 9.78. The highest BCUT2D eigenvalue weighted by atomic mass is 16.5. The Balaban J connectivity index is 1.57. The summed E-state index contributed by atoms with van der Waals surface area (Å²) in [5.41, 5.74) is 2.75. The molecule has 2 aliphatic heterocycles. The Hall–Kier alpha value is -1.06. The Bertz CT molecular complexity index is 460. The molecule has 0 spiro atoms. The molecule has 0 bridgehead atoms. The Morgan fingerprint density at radius 2 is 2.35 bits per heavy atom. The van der Waals surface area contributed by atoms with Crippen LogP contribution in [0.1, 0.15) is 43.9 Å². The maximum atomic E-state index is 5.58. The van der Waals surface area contributed by atoms with E-state index >= 15 is 0 Å². The van der Waals surface area contributed by atoms with E-state index in [-0.39, 0.29) is 0 Å². The largest absolute Gasteiger partial charge is 0.493 e. The third-order valence-electron chi connectivity index (χ3n) is 4.78. The van der Waals surface area contributed by atoms with Crippen LogP contribution in [0.4, 0.5) is 0 Å². The van der Waals surface area contributed by atoms with Crippen molar-refractivity contribution in [2.75, 3.05) is 26.2 Å². The Kier molecular flexibility index (Phi) is 4.27. The first-order valence-electron chi connectivity index (χ1n) is 8.01. The average Bonchev–Trinajstić information content (AvgIpc) is 3.12. The quantitative estimate of drug-likeness (QED) is 0.893. The van der Waals surface area contributed by atoms with Gasteiger partial charge in [-0.25, -0.2) is 0 Å². The third kappa shape index (κ3) is 2.84. The molecule has 2 atom stereocenters. The predicted molar refractivity (Wildman–Crippen MR) is 82.3 cm³/mol. The number of hydrogen-bond acceptors (Lipinski definition) is 3. The normalized spacial score (nSPS) is 23.6. The van der Waals surface area contributed by atoms with Crippen molar-refractivity contribution in [3.05, 3.63) is 29.3 Å².